The molecular weight excluding hydrogens is 252 g/mol. The number of carbonyl (C=O) groups excluding carboxylic acids is 1. The zero-order chi connectivity index (χ0) is 13.8. The summed E-state index contributed by atoms with van der Waals surface area (Å²) >= 11 is 1.35. The minimum atomic E-state index is -0.444. The van der Waals surface area contributed by atoms with Gasteiger partial charge >= 0.3 is 0 Å². The maximum atomic E-state index is 11.6. The Morgan fingerprint density at radius 3 is 2.33 bits per heavy atom. The van der Waals surface area contributed by atoms with Gasteiger partial charge in [0.1, 0.15) is 0 Å². The van der Waals surface area contributed by atoms with Crippen molar-refractivity contribution < 1.29 is 9.72 Å². The van der Waals surface area contributed by atoms with E-state index in [0.29, 0.717) is 5.75 Å². The topological polar surface area (TPSA) is 72.2 Å². The molecule has 0 atom stereocenters. The molecule has 0 saturated carbocycles. The second-order valence-electron chi connectivity index (χ2n) is 4.84. The molecule has 0 aliphatic heterocycles. The van der Waals surface area contributed by atoms with Gasteiger partial charge in [0, 0.05) is 22.6 Å². The molecule has 0 bridgehead atoms. The largest absolute Gasteiger partial charge is 0.351 e. The van der Waals surface area contributed by atoms with Crippen LogP contribution in [-0.2, 0) is 4.79 Å². The van der Waals surface area contributed by atoms with Crippen LogP contribution in [0.5, 0.6) is 0 Å². The molecule has 1 N–H and O–H groups in total. The molecule has 0 unspecified atom stereocenters. The van der Waals surface area contributed by atoms with Gasteiger partial charge in [-0.1, -0.05) is 0 Å². The van der Waals surface area contributed by atoms with E-state index in [9.17, 15) is 14.9 Å². The van der Waals surface area contributed by atoms with Gasteiger partial charge in [0.05, 0.1) is 10.7 Å². The highest BCUT2D eigenvalue weighted by molar-refractivity contribution is 8.00. The summed E-state index contributed by atoms with van der Waals surface area (Å²) in [5, 5.41) is 13.3. The molecule has 1 aromatic rings. The van der Waals surface area contributed by atoms with Gasteiger partial charge in [-0.3, -0.25) is 14.9 Å². The van der Waals surface area contributed by atoms with E-state index < -0.39 is 4.92 Å². The van der Waals surface area contributed by atoms with Crippen molar-refractivity contribution in [2.45, 2.75) is 31.2 Å². The van der Waals surface area contributed by atoms with E-state index in [2.05, 4.69) is 5.32 Å². The summed E-state index contributed by atoms with van der Waals surface area (Å²) in [7, 11) is 0. The van der Waals surface area contributed by atoms with Crippen LogP contribution in [0.25, 0.3) is 0 Å². The highest BCUT2D eigenvalue weighted by Crippen LogP contribution is 2.21. The first-order valence-corrected chi connectivity index (χ1v) is 6.45. The summed E-state index contributed by atoms with van der Waals surface area (Å²) in [4.78, 5) is 22.4. The van der Waals surface area contributed by atoms with Crippen molar-refractivity contribution in [1.29, 1.82) is 0 Å². The molecule has 5 nitrogen and oxygen atoms in total. The highest BCUT2D eigenvalue weighted by Gasteiger charge is 2.13. The number of nitro benzene ring substituents is 1. The molecule has 6 heteroatoms. The van der Waals surface area contributed by atoms with Crippen LogP contribution < -0.4 is 5.32 Å². The quantitative estimate of drug-likeness (QED) is 0.517. The molecule has 1 amide bonds. The summed E-state index contributed by atoms with van der Waals surface area (Å²) in [6.07, 6.45) is 0. The van der Waals surface area contributed by atoms with Crippen LogP contribution in [0.1, 0.15) is 20.8 Å². The maximum Gasteiger partial charge on any atom is 0.269 e. The predicted octanol–water partition coefficient (Wildman–Crippen LogP) is 2.60. The van der Waals surface area contributed by atoms with Crippen LogP contribution in [0.3, 0.4) is 0 Å². The zero-order valence-electron chi connectivity index (χ0n) is 10.6. The Kier molecular flexibility index (Phi) is 4.72. The van der Waals surface area contributed by atoms with Crippen molar-refractivity contribution in [2.75, 3.05) is 5.75 Å². The van der Waals surface area contributed by atoms with Crippen molar-refractivity contribution in [3.63, 3.8) is 0 Å². The molecule has 0 heterocycles. The number of nitro groups is 1. The lowest BCUT2D eigenvalue weighted by Gasteiger charge is -2.20. The average Bonchev–Trinajstić information content (AvgIpc) is 2.24. The first kappa shape index (κ1) is 14.5. The van der Waals surface area contributed by atoms with E-state index in [1.165, 1.54) is 23.9 Å². The highest BCUT2D eigenvalue weighted by atomic mass is 32.2. The number of nitrogens with zero attached hydrogens (tertiary/aromatic N) is 1. The minimum absolute atomic E-state index is 0.0501. The van der Waals surface area contributed by atoms with E-state index in [1.807, 2.05) is 20.8 Å². The zero-order valence-corrected chi connectivity index (χ0v) is 11.4. The second-order valence-corrected chi connectivity index (χ2v) is 5.89. The molecule has 0 aromatic heterocycles. The Balaban J connectivity index is 2.49. The van der Waals surface area contributed by atoms with Gasteiger partial charge in [0.25, 0.3) is 5.69 Å². The SMILES string of the molecule is CC(C)(C)NC(=O)CSc1ccc([N+](=O)[O-])cc1. The minimum Gasteiger partial charge on any atom is -0.351 e. The third-order valence-corrected chi connectivity index (χ3v) is 2.94. The van der Waals surface area contributed by atoms with Gasteiger partial charge in [0.15, 0.2) is 0 Å². The van der Waals surface area contributed by atoms with Crippen LogP contribution in [0, 0.1) is 10.1 Å². The molecule has 0 radical (unpaired) electrons. The average molecular weight is 268 g/mol. The van der Waals surface area contributed by atoms with Gasteiger partial charge < -0.3 is 5.32 Å². The normalized spacial score (nSPS) is 11.1. The maximum absolute atomic E-state index is 11.6. The van der Waals surface area contributed by atoms with Crippen molar-refractivity contribution in [3.05, 3.63) is 34.4 Å². The van der Waals surface area contributed by atoms with E-state index in [4.69, 9.17) is 0 Å². The van der Waals surface area contributed by atoms with E-state index in [0.717, 1.165) is 4.90 Å². The van der Waals surface area contributed by atoms with Crippen molar-refractivity contribution in [1.82, 2.24) is 5.32 Å². The fourth-order valence-corrected chi connectivity index (χ4v) is 1.97. The Hall–Kier alpha value is -1.56. The van der Waals surface area contributed by atoms with Gasteiger partial charge in [-0.05, 0) is 32.9 Å². The van der Waals surface area contributed by atoms with Crippen LogP contribution in [0.4, 0.5) is 5.69 Å². The van der Waals surface area contributed by atoms with Crippen LogP contribution in [0.2, 0.25) is 0 Å². The van der Waals surface area contributed by atoms with E-state index in [-0.39, 0.29) is 17.1 Å². The third kappa shape index (κ3) is 5.18. The van der Waals surface area contributed by atoms with Crippen molar-refractivity contribution in [3.8, 4) is 0 Å². The molecule has 0 aliphatic carbocycles. The smallest absolute Gasteiger partial charge is 0.269 e. The number of nitrogens with one attached hydrogen (secondary N) is 1. The fraction of sp³-hybridized carbons (Fsp3) is 0.417. The first-order valence-electron chi connectivity index (χ1n) is 5.46. The Morgan fingerprint density at radius 1 is 1.33 bits per heavy atom. The number of amides is 1. The van der Waals surface area contributed by atoms with Crippen molar-refractivity contribution in [2.24, 2.45) is 0 Å². The summed E-state index contributed by atoms with van der Waals surface area (Å²) in [6, 6.07) is 6.16. The molecule has 0 aliphatic rings. The molecule has 0 saturated heterocycles. The summed E-state index contributed by atoms with van der Waals surface area (Å²) in [5.74, 6) is 0.251. The van der Waals surface area contributed by atoms with Gasteiger partial charge in [-0.15, -0.1) is 11.8 Å². The van der Waals surface area contributed by atoms with Gasteiger partial charge in [-0.25, -0.2) is 0 Å². The number of benzene rings is 1. The third-order valence-electron chi connectivity index (χ3n) is 1.93. The van der Waals surface area contributed by atoms with Crippen molar-refractivity contribution >= 4 is 23.4 Å². The molecule has 18 heavy (non-hydrogen) atoms. The fourth-order valence-electron chi connectivity index (χ4n) is 1.27. The van der Waals surface area contributed by atoms with Crippen LogP contribution in [0.15, 0.2) is 29.2 Å². The summed E-state index contributed by atoms with van der Waals surface area (Å²) in [6.45, 7) is 5.75. The van der Waals surface area contributed by atoms with E-state index >= 15 is 0 Å². The number of thioether (sulfide) groups is 1. The Bertz CT molecular complexity index is 438. The van der Waals surface area contributed by atoms with Crippen LogP contribution >= 0.6 is 11.8 Å². The number of hydrogen-bond donors (Lipinski definition) is 1. The monoisotopic (exact) mass is 268 g/mol. The lowest BCUT2D eigenvalue weighted by molar-refractivity contribution is -0.384. The molecular formula is C12H16N2O3S. The summed E-state index contributed by atoms with van der Waals surface area (Å²) < 4.78 is 0. The first-order chi connectivity index (χ1) is 8.28. The lowest BCUT2D eigenvalue weighted by atomic mass is 10.1. The number of hydrogen-bond acceptors (Lipinski definition) is 4. The Morgan fingerprint density at radius 2 is 1.89 bits per heavy atom. The van der Waals surface area contributed by atoms with Crippen LogP contribution in [-0.4, -0.2) is 22.1 Å². The molecule has 1 rings (SSSR count). The van der Waals surface area contributed by atoms with Gasteiger partial charge in [-0.2, -0.15) is 0 Å². The number of non-ortho nitro benzene ring substituents is 1. The molecule has 0 fully saturated rings. The molecule has 98 valence electrons. The number of rotatable bonds is 4. The predicted molar refractivity (Wildman–Crippen MR) is 71.7 cm³/mol. The lowest BCUT2D eigenvalue weighted by Crippen LogP contribution is -2.41. The van der Waals surface area contributed by atoms with Gasteiger partial charge in [0.2, 0.25) is 5.91 Å². The molecule has 1 aromatic carbocycles. The number of carbonyl (C=O) groups is 1. The standard InChI is InChI=1S/C12H16N2O3S/c1-12(2,3)13-11(15)8-18-10-6-4-9(5-7-10)14(16)17/h4-7H,8H2,1-3H3,(H,13,15). The summed E-state index contributed by atoms with van der Waals surface area (Å²) in [5.41, 5.74) is -0.189. The molecule has 0 spiro atoms. The van der Waals surface area contributed by atoms with E-state index in [1.54, 1.807) is 12.1 Å². The Labute approximate surface area is 110 Å². The second kappa shape index (κ2) is 5.86.